The molecule has 2 aromatic carbocycles. The van der Waals surface area contributed by atoms with Crippen molar-refractivity contribution in [1.29, 1.82) is 0 Å². The van der Waals surface area contributed by atoms with Gasteiger partial charge in [-0.2, -0.15) is 0 Å². The van der Waals surface area contributed by atoms with Crippen LogP contribution in [0.4, 0.5) is 17.1 Å². The second-order valence-electron chi connectivity index (χ2n) is 4.06. The molecule has 0 spiro atoms. The number of nitrogens with zero attached hydrogens (tertiary/aromatic N) is 1. The Hall–Kier alpha value is -2.32. The Kier molecular flexibility index (Phi) is 4.01. The van der Waals surface area contributed by atoms with Crippen LogP contribution in [-0.4, -0.2) is 13.3 Å². The van der Waals surface area contributed by atoms with Crippen molar-refractivity contribution in [2.75, 3.05) is 10.5 Å². The van der Waals surface area contributed by atoms with Gasteiger partial charge < -0.3 is 5.73 Å². The van der Waals surface area contributed by atoms with Gasteiger partial charge in [-0.05, 0) is 24.3 Å². The van der Waals surface area contributed by atoms with E-state index in [2.05, 4.69) is 4.72 Å². The first-order valence-corrected chi connectivity index (χ1v) is 7.48. The molecule has 21 heavy (non-hydrogen) atoms. The molecule has 0 bridgehead atoms. The molecule has 0 aliphatic rings. The topological polar surface area (TPSA) is 115 Å². The summed E-state index contributed by atoms with van der Waals surface area (Å²) in [7, 11) is -4.16. The van der Waals surface area contributed by atoms with Crippen LogP contribution in [0.2, 0.25) is 5.02 Å². The molecule has 3 N–H and O–H groups in total. The Labute approximate surface area is 125 Å². The number of halogens is 1. The summed E-state index contributed by atoms with van der Waals surface area (Å²) in [4.78, 5) is 9.67. The number of para-hydroxylation sites is 2. The summed E-state index contributed by atoms with van der Waals surface area (Å²) in [6, 6.07) is 9.50. The first kappa shape index (κ1) is 15.1. The summed E-state index contributed by atoms with van der Waals surface area (Å²) in [6.45, 7) is 0. The van der Waals surface area contributed by atoms with Gasteiger partial charge in [-0.1, -0.05) is 23.7 Å². The lowest BCUT2D eigenvalue weighted by molar-refractivity contribution is -0.387. The van der Waals surface area contributed by atoms with E-state index in [1.165, 1.54) is 18.2 Å². The maximum Gasteiger partial charge on any atom is 0.291 e. The quantitative estimate of drug-likeness (QED) is 0.508. The predicted molar refractivity (Wildman–Crippen MR) is 79.8 cm³/mol. The van der Waals surface area contributed by atoms with Crippen molar-refractivity contribution in [3.8, 4) is 0 Å². The van der Waals surface area contributed by atoms with Gasteiger partial charge >= 0.3 is 0 Å². The van der Waals surface area contributed by atoms with Crippen molar-refractivity contribution in [2.45, 2.75) is 4.90 Å². The van der Waals surface area contributed by atoms with Gasteiger partial charge in [0, 0.05) is 11.1 Å². The standard InChI is InChI=1S/C12H10ClN3O4S/c13-8-5-6-12(11(7-8)16(17)18)21(19,20)15-10-4-2-1-3-9(10)14/h1-7,15H,14H2. The summed E-state index contributed by atoms with van der Waals surface area (Å²) in [6.07, 6.45) is 0. The van der Waals surface area contributed by atoms with Crippen LogP contribution < -0.4 is 10.5 Å². The predicted octanol–water partition coefficient (Wildman–Crippen LogP) is 2.63. The maximum absolute atomic E-state index is 12.3. The fourth-order valence-corrected chi connectivity index (χ4v) is 3.06. The molecule has 7 nitrogen and oxygen atoms in total. The van der Waals surface area contributed by atoms with E-state index in [0.29, 0.717) is 0 Å². The molecule has 0 heterocycles. The Morgan fingerprint density at radius 3 is 2.48 bits per heavy atom. The summed E-state index contributed by atoms with van der Waals surface area (Å²) in [5, 5.41) is 11.0. The molecular weight excluding hydrogens is 318 g/mol. The number of benzene rings is 2. The molecule has 9 heteroatoms. The number of sulfonamides is 1. The van der Waals surface area contributed by atoms with Crippen LogP contribution in [0.25, 0.3) is 0 Å². The Morgan fingerprint density at radius 2 is 1.86 bits per heavy atom. The van der Waals surface area contributed by atoms with Gasteiger partial charge in [-0.3, -0.25) is 14.8 Å². The zero-order valence-corrected chi connectivity index (χ0v) is 12.1. The van der Waals surface area contributed by atoms with Crippen LogP contribution in [0.15, 0.2) is 47.4 Å². The summed E-state index contributed by atoms with van der Waals surface area (Å²) in [5.41, 5.74) is 5.39. The highest BCUT2D eigenvalue weighted by atomic mass is 35.5. The molecule has 0 saturated heterocycles. The molecule has 0 saturated carbocycles. The monoisotopic (exact) mass is 327 g/mol. The van der Waals surface area contributed by atoms with Crippen molar-refractivity contribution in [1.82, 2.24) is 0 Å². The third-order valence-electron chi connectivity index (χ3n) is 2.61. The average molecular weight is 328 g/mol. The maximum atomic E-state index is 12.3. The normalized spacial score (nSPS) is 11.1. The van der Waals surface area contributed by atoms with E-state index >= 15 is 0 Å². The molecule has 0 unspecified atom stereocenters. The second kappa shape index (κ2) is 5.58. The first-order chi connectivity index (χ1) is 9.81. The van der Waals surface area contributed by atoms with Crippen molar-refractivity contribution < 1.29 is 13.3 Å². The number of rotatable bonds is 4. The summed E-state index contributed by atoms with van der Waals surface area (Å²) >= 11 is 5.66. The van der Waals surface area contributed by atoms with E-state index in [-0.39, 0.29) is 16.4 Å². The van der Waals surface area contributed by atoms with E-state index in [9.17, 15) is 18.5 Å². The molecule has 0 aromatic heterocycles. The number of nitrogen functional groups attached to an aromatic ring is 1. The van der Waals surface area contributed by atoms with E-state index < -0.39 is 25.5 Å². The van der Waals surface area contributed by atoms with E-state index in [1.54, 1.807) is 12.1 Å². The van der Waals surface area contributed by atoms with E-state index in [1.807, 2.05) is 0 Å². The summed E-state index contributed by atoms with van der Waals surface area (Å²) in [5.74, 6) is 0. The number of hydrogen-bond acceptors (Lipinski definition) is 5. The smallest absolute Gasteiger partial charge is 0.291 e. The number of nitrogens with two attached hydrogens (primary N) is 1. The Bertz CT molecular complexity index is 808. The van der Waals surface area contributed by atoms with Gasteiger partial charge in [0.2, 0.25) is 0 Å². The van der Waals surface area contributed by atoms with Gasteiger partial charge in [0.05, 0.1) is 16.3 Å². The van der Waals surface area contributed by atoms with Crippen molar-refractivity contribution >= 4 is 38.7 Å². The molecule has 2 rings (SSSR count). The lowest BCUT2D eigenvalue weighted by Crippen LogP contribution is -2.15. The zero-order chi connectivity index (χ0) is 15.6. The minimum absolute atomic E-state index is 0.0693. The highest BCUT2D eigenvalue weighted by molar-refractivity contribution is 7.92. The van der Waals surface area contributed by atoms with Crippen LogP contribution in [0, 0.1) is 10.1 Å². The van der Waals surface area contributed by atoms with E-state index in [4.69, 9.17) is 17.3 Å². The lowest BCUT2D eigenvalue weighted by atomic mass is 10.3. The molecule has 0 aliphatic carbocycles. The zero-order valence-electron chi connectivity index (χ0n) is 10.5. The lowest BCUT2D eigenvalue weighted by Gasteiger charge is -2.10. The van der Waals surface area contributed by atoms with Crippen LogP contribution >= 0.6 is 11.6 Å². The second-order valence-corrected chi connectivity index (χ2v) is 6.15. The van der Waals surface area contributed by atoms with Crippen LogP contribution in [0.3, 0.4) is 0 Å². The number of nitro benzene ring substituents is 1. The van der Waals surface area contributed by atoms with Crippen molar-refractivity contribution in [2.24, 2.45) is 0 Å². The van der Waals surface area contributed by atoms with Gasteiger partial charge in [0.15, 0.2) is 4.90 Å². The van der Waals surface area contributed by atoms with E-state index in [0.717, 1.165) is 12.1 Å². The van der Waals surface area contributed by atoms with Crippen LogP contribution in [0.5, 0.6) is 0 Å². The minimum Gasteiger partial charge on any atom is -0.397 e. The van der Waals surface area contributed by atoms with Crippen LogP contribution in [0.1, 0.15) is 0 Å². The fraction of sp³-hybridized carbons (Fsp3) is 0. The molecule has 0 amide bonds. The highest BCUT2D eigenvalue weighted by Gasteiger charge is 2.26. The number of nitrogens with one attached hydrogen (secondary N) is 1. The Balaban J connectivity index is 2.50. The summed E-state index contributed by atoms with van der Waals surface area (Å²) < 4.78 is 26.8. The highest BCUT2D eigenvalue weighted by Crippen LogP contribution is 2.29. The van der Waals surface area contributed by atoms with Crippen LogP contribution in [-0.2, 0) is 10.0 Å². The molecule has 110 valence electrons. The third kappa shape index (κ3) is 3.23. The van der Waals surface area contributed by atoms with Crippen molar-refractivity contribution in [3.63, 3.8) is 0 Å². The number of hydrogen-bond donors (Lipinski definition) is 2. The molecule has 0 radical (unpaired) electrons. The van der Waals surface area contributed by atoms with Gasteiger partial charge in [0.1, 0.15) is 0 Å². The number of anilines is 2. The molecule has 0 fully saturated rings. The molecule has 0 atom stereocenters. The largest absolute Gasteiger partial charge is 0.397 e. The Morgan fingerprint density at radius 1 is 1.19 bits per heavy atom. The first-order valence-electron chi connectivity index (χ1n) is 5.62. The molecule has 2 aromatic rings. The van der Waals surface area contributed by atoms with Crippen molar-refractivity contribution in [3.05, 3.63) is 57.6 Å². The molecule has 0 aliphatic heterocycles. The third-order valence-corrected chi connectivity index (χ3v) is 4.26. The fourth-order valence-electron chi connectivity index (χ4n) is 1.65. The molecular formula is C12H10ClN3O4S. The minimum atomic E-state index is -4.16. The number of nitro groups is 1. The van der Waals surface area contributed by atoms with Gasteiger partial charge in [-0.15, -0.1) is 0 Å². The SMILES string of the molecule is Nc1ccccc1NS(=O)(=O)c1ccc(Cl)cc1[N+](=O)[O-]. The van der Waals surface area contributed by atoms with Gasteiger partial charge in [0.25, 0.3) is 15.7 Å². The average Bonchev–Trinajstić information content (AvgIpc) is 2.40. The van der Waals surface area contributed by atoms with Gasteiger partial charge in [-0.25, -0.2) is 8.42 Å².